The largest absolute Gasteiger partial charge is 0.500 e. The molecule has 0 radical (unpaired) electrons. The van der Waals surface area contributed by atoms with E-state index in [1.165, 1.54) is 0 Å². The van der Waals surface area contributed by atoms with Gasteiger partial charge in [0.15, 0.2) is 0 Å². The first-order chi connectivity index (χ1) is 5.74. The number of rotatable bonds is 7. The molecule has 0 aliphatic heterocycles. The van der Waals surface area contributed by atoms with E-state index in [0.29, 0.717) is 12.7 Å². The smallest absolute Gasteiger partial charge is 0.377 e. The van der Waals surface area contributed by atoms with Gasteiger partial charge in [-0.25, -0.2) is 5.90 Å². The lowest BCUT2D eigenvalue weighted by atomic mass is 10.5. The Morgan fingerprint density at radius 1 is 1.08 bits per heavy atom. The van der Waals surface area contributed by atoms with Gasteiger partial charge in [-0.15, -0.1) is 0 Å². The molecule has 0 saturated carbocycles. The number of hydrogen-bond acceptors (Lipinski definition) is 5. The Morgan fingerprint density at radius 3 is 1.92 bits per heavy atom. The molecule has 5 nitrogen and oxygen atoms in total. The summed E-state index contributed by atoms with van der Waals surface area (Å²) in [6.07, 6.45) is 0.776. The van der Waals surface area contributed by atoms with E-state index in [9.17, 15) is 0 Å². The maximum atomic E-state index is 5.18. The van der Waals surface area contributed by atoms with Crippen LogP contribution in [0.4, 0.5) is 0 Å². The molecule has 0 rings (SSSR count). The Morgan fingerprint density at radius 2 is 1.58 bits per heavy atom. The van der Waals surface area contributed by atoms with Crippen molar-refractivity contribution in [2.24, 2.45) is 5.90 Å². The van der Waals surface area contributed by atoms with Crippen LogP contribution in [0.15, 0.2) is 0 Å². The Balaban J connectivity index is 3.76. The molecule has 0 unspecified atom stereocenters. The van der Waals surface area contributed by atoms with Gasteiger partial charge in [0.25, 0.3) is 0 Å². The highest BCUT2D eigenvalue weighted by Crippen LogP contribution is 2.14. The van der Waals surface area contributed by atoms with Crippen LogP contribution in [-0.2, 0) is 18.1 Å². The molecule has 0 aliphatic rings. The van der Waals surface area contributed by atoms with E-state index in [0.717, 1.165) is 6.42 Å². The second-order valence-corrected chi connectivity index (χ2v) is 5.36. The maximum Gasteiger partial charge on any atom is 0.500 e. The number of hydrogen-bond donors (Lipinski definition) is 1. The summed E-state index contributed by atoms with van der Waals surface area (Å²) >= 11 is 0. The molecule has 0 heterocycles. The average Bonchev–Trinajstić information content (AvgIpc) is 2.14. The molecule has 0 fully saturated rings. The van der Waals surface area contributed by atoms with Crippen LogP contribution in [0, 0.1) is 0 Å². The van der Waals surface area contributed by atoms with Gasteiger partial charge in [-0.2, -0.15) is 0 Å². The Hall–Kier alpha value is 0.0169. The van der Waals surface area contributed by atoms with Crippen LogP contribution in [-0.4, -0.2) is 36.7 Å². The standard InChI is InChI=1S/C6H17NO4Si/c1-8-12(9-2,10-3)6-4-5-11-7/h4-7H2,1-3H3. The summed E-state index contributed by atoms with van der Waals surface area (Å²) in [5, 5.41) is 0. The minimum Gasteiger partial charge on any atom is -0.377 e. The van der Waals surface area contributed by atoms with Gasteiger partial charge in [-0.05, 0) is 6.42 Å². The third-order valence-corrected chi connectivity index (χ3v) is 4.51. The van der Waals surface area contributed by atoms with Crippen molar-refractivity contribution >= 4 is 8.80 Å². The molecule has 74 valence electrons. The summed E-state index contributed by atoms with van der Waals surface area (Å²) in [5.41, 5.74) is 0. The predicted octanol–water partition coefficient (Wildman–Crippen LogP) is 0.145. The lowest BCUT2D eigenvalue weighted by molar-refractivity contribution is 0.108. The zero-order valence-corrected chi connectivity index (χ0v) is 8.83. The summed E-state index contributed by atoms with van der Waals surface area (Å²) in [4.78, 5) is 4.43. The van der Waals surface area contributed by atoms with Crippen molar-refractivity contribution in [3.8, 4) is 0 Å². The highest BCUT2D eigenvalue weighted by Gasteiger charge is 2.36. The zero-order chi connectivity index (χ0) is 9.45. The first-order valence-corrected chi connectivity index (χ1v) is 5.65. The second kappa shape index (κ2) is 6.52. The van der Waals surface area contributed by atoms with Gasteiger partial charge < -0.3 is 18.1 Å². The van der Waals surface area contributed by atoms with Gasteiger partial charge in [0.2, 0.25) is 0 Å². The third-order valence-electron chi connectivity index (χ3n) is 1.68. The SMILES string of the molecule is CO[Si](CCCON)(OC)OC. The van der Waals surface area contributed by atoms with Crippen LogP contribution >= 0.6 is 0 Å². The van der Waals surface area contributed by atoms with Crippen LogP contribution in [0.1, 0.15) is 6.42 Å². The molecule has 0 amide bonds. The average molecular weight is 195 g/mol. The Bertz CT molecular complexity index is 101. The van der Waals surface area contributed by atoms with Crippen molar-refractivity contribution in [3.05, 3.63) is 0 Å². The molecule has 6 heteroatoms. The summed E-state index contributed by atoms with van der Waals surface area (Å²) in [5.74, 6) is 4.88. The first kappa shape index (κ1) is 12.0. The predicted molar refractivity (Wildman–Crippen MR) is 46.3 cm³/mol. The van der Waals surface area contributed by atoms with Gasteiger partial charge >= 0.3 is 8.80 Å². The van der Waals surface area contributed by atoms with Crippen molar-refractivity contribution in [1.82, 2.24) is 0 Å². The van der Waals surface area contributed by atoms with E-state index >= 15 is 0 Å². The van der Waals surface area contributed by atoms with Crippen LogP contribution in [0.25, 0.3) is 0 Å². The summed E-state index contributed by atoms with van der Waals surface area (Å²) < 4.78 is 15.5. The lowest BCUT2D eigenvalue weighted by Crippen LogP contribution is -2.42. The van der Waals surface area contributed by atoms with Gasteiger partial charge in [0.05, 0.1) is 6.61 Å². The monoisotopic (exact) mass is 195 g/mol. The fourth-order valence-corrected chi connectivity index (χ4v) is 2.62. The maximum absolute atomic E-state index is 5.18. The molecule has 0 bridgehead atoms. The molecule has 0 aromatic carbocycles. The number of nitrogens with two attached hydrogens (primary N) is 1. The molecule has 12 heavy (non-hydrogen) atoms. The molecule has 0 saturated heterocycles. The molecular weight excluding hydrogens is 178 g/mol. The van der Waals surface area contributed by atoms with E-state index in [1.54, 1.807) is 21.3 Å². The second-order valence-electron chi connectivity index (χ2n) is 2.27. The van der Waals surface area contributed by atoms with E-state index < -0.39 is 8.80 Å². The molecule has 0 spiro atoms. The van der Waals surface area contributed by atoms with Crippen molar-refractivity contribution in [2.75, 3.05) is 27.9 Å². The van der Waals surface area contributed by atoms with Crippen molar-refractivity contribution in [2.45, 2.75) is 12.5 Å². The third kappa shape index (κ3) is 3.61. The summed E-state index contributed by atoms with van der Waals surface area (Å²) in [6.45, 7) is 0.491. The zero-order valence-electron chi connectivity index (χ0n) is 7.83. The topological polar surface area (TPSA) is 62.9 Å². The normalized spacial score (nSPS) is 12.0. The quantitative estimate of drug-likeness (QED) is 0.356. The molecule has 2 N–H and O–H groups in total. The summed E-state index contributed by atoms with van der Waals surface area (Å²) in [6, 6.07) is 0.716. The molecule has 0 atom stereocenters. The first-order valence-electron chi connectivity index (χ1n) is 3.72. The minimum atomic E-state index is -2.39. The fourth-order valence-electron chi connectivity index (χ4n) is 0.928. The van der Waals surface area contributed by atoms with Gasteiger partial charge in [-0.1, -0.05) is 0 Å². The lowest BCUT2D eigenvalue weighted by Gasteiger charge is -2.23. The van der Waals surface area contributed by atoms with Crippen LogP contribution in [0.3, 0.4) is 0 Å². The molecule has 0 aliphatic carbocycles. The molecule has 0 aromatic rings. The summed E-state index contributed by atoms with van der Waals surface area (Å²) in [7, 11) is 2.37. The van der Waals surface area contributed by atoms with Gasteiger partial charge in [0.1, 0.15) is 0 Å². The molecule has 0 aromatic heterocycles. The van der Waals surface area contributed by atoms with Crippen molar-refractivity contribution < 1.29 is 18.1 Å². The molecular formula is C6H17NO4Si. The van der Waals surface area contributed by atoms with Crippen LogP contribution in [0.2, 0.25) is 6.04 Å². The van der Waals surface area contributed by atoms with Gasteiger partial charge in [-0.3, -0.25) is 0 Å². The highest BCUT2D eigenvalue weighted by atomic mass is 28.4. The minimum absolute atomic E-state index is 0.491. The van der Waals surface area contributed by atoms with E-state index in [1.807, 2.05) is 0 Å². The van der Waals surface area contributed by atoms with Crippen molar-refractivity contribution in [3.63, 3.8) is 0 Å². The van der Waals surface area contributed by atoms with E-state index in [4.69, 9.17) is 19.2 Å². The van der Waals surface area contributed by atoms with E-state index in [-0.39, 0.29) is 0 Å². The van der Waals surface area contributed by atoms with Crippen LogP contribution in [0.5, 0.6) is 0 Å². The van der Waals surface area contributed by atoms with Crippen molar-refractivity contribution in [1.29, 1.82) is 0 Å². The highest BCUT2D eigenvalue weighted by molar-refractivity contribution is 6.60. The van der Waals surface area contributed by atoms with Crippen LogP contribution < -0.4 is 5.90 Å². The van der Waals surface area contributed by atoms with Gasteiger partial charge in [0, 0.05) is 27.4 Å². The fraction of sp³-hybridized carbons (Fsp3) is 1.00. The Labute approximate surface area is 74.1 Å². The Kier molecular flexibility index (Phi) is 6.53. The van der Waals surface area contributed by atoms with E-state index in [2.05, 4.69) is 4.84 Å².